The van der Waals surface area contributed by atoms with E-state index in [0.717, 1.165) is 5.56 Å². The van der Waals surface area contributed by atoms with E-state index in [9.17, 15) is 4.79 Å². The van der Waals surface area contributed by atoms with Crippen molar-refractivity contribution in [3.05, 3.63) is 63.7 Å². The molecule has 0 saturated carbocycles. The van der Waals surface area contributed by atoms with Crippen LogP contribution in [0.15, 0.2) is 54.6 Å². The van der Waals surface area contributed by atoms with Gasteiger partial charge in [0.2, 0.25) is 0 Å². The molecule has 0 heterocycles. The van der Waals surface area contributed by atoms with E-state index in [1.54, 1.807) is 6.08 Å². The second-order valence-electron chi connectivity index (χ2n) is 4.39. The molecule has 0 saturated heterocycles. The van der Waals surface area contributed by atoms with Crippen LogP contribution in [0.3, 0.4) is 0 Å². The second-order valence-corrected chi connectivity index (χ2v) is 6.72. The van der Waals surface area contributed by atoms with Crippen molar-refractivity contribution in [2.75, 3.05) is 10.7 Å². The molecular weight excluding hydrogens is 377 g/mol. The van der Waals surface area contributed by atoms with Crippen LogP contribution in [-0.2, 0) is 4.79 Å². The molecule has 4 heteroatoms. The molecule has 0 atom stereocenters. The summed E-state index contributed by atoms with van der Waals surface area (Å²) >= 11 is 0.0748. The maximum atomic E-state index is 11.7. The van der Waals surface area contributed by atoms with Crippen molar-refractivity contribution in [3.63, 3.8) is 0 Å². The third kappa shape index (κ3) is 5.23. The Morgan fingerprint density at radius 3 is 2.67 bits per heavy atom. The zero-order chi connectivity index (χ0) is 15.1. The normalized spacial score (nSPS) is 10.9. The van der Waals surface area contributed by atoms with Gasteiger partial charge in [0.05, 0.1) is 0 Å². The van der Waals surface area contributed by atoms with Crippen molar-refractivity contribution in [1.82, 2.24) is 0 Å². The monoisotopic (exact) mass is 394 g/mol. The van der Waals surface area contributed by atoms with Gasteiger partial charge >= 0.3 is 123 Å². The fraction of sp³-hybridized carbons (Fsp3) is 0.118. The molecule has 0 spiro atoms. The summed E-state index contributed by atoms with van der Waals surface area (Å²) in [5.41, 5.74) is 7.37. The van der Waals surface area contributed by atoms with Crippen LogP contribution in [0.1, 0.15) is 12.0 Å². The van der Waals surface area contributed by atoms with Crippen LogP contribution in [0.2, 0.25) is 0 Å². The number of rotatable bonds is 5. The van der Waals surface area contributed by atoms with Crippen molar-refractivity contribution in [2.45, 2.75) is 6.42 Å². The molecule has 2 rings (SSSR count). The van der Waals surface area contributed by atoms with Gasteiger partial charge in [-0.25, -0.2) is 0 Å². The molecule has 110 valence electrons. The van der Waals surface area contributed by atoms with E-state index in [1.165, 1.54) is 3.57 Å². The molecule has 0 amide bonds. The summed E-state index contributed by atoms with van der Waals surface area (Å²) in [5, 5.41) is 0. The first-order valence-corrected chi connectivity index (χ1v) is 9.73. The zero-order valence-electron chi connectivity index (χ0n) is 11.8. The number of carbonyl (C=O) groups excluding carboxylic acids is 1. The third-order valence-electron chi connectivity index (χ3n) is 2.77. The van der Waals surface area contributed by atoms with E-state index in [4.69, 9.17) is 10.5 Å². The number of alkyl halides is 1. The Morgan fingerprint density at radius 1 is 1.24 bits per heavy atom. The Kier molecular flexibility index (Phi) is 5.80. The number of anilines is 1. The van der Waals surface area contributed by atoms with Gasteiger partial charge in [-0.3, -0.25) is 0 Å². The third-order valence-corrected chi connectivity index (χ3v) is 4.73. The SMILES string of the molecule is C[I-]c1ccc(OC(=O)C/C=C\c2cccc(N)c2)cc1. The second kappa shape index (κ2) is 7.83. The minimum atomic E-state index is -0.269. The van der Waals surface area contributed by atoms with Gasteiger partial charge in [-0.2, -0.15) is 0 Å². The molecule has 3 nitrogen and oxygen atoms in total. The number of carbonyl (C=O) groups is 1. The summed E-state index contributed by atoms with van der Waals surface area (Å²) in [6.07, 6.45) is 3.88. The van der Waals surface area contributed by atoms with Crippen LogP contribution in [-0.4, -0.2) is 10.9 Å². The molecule has 0 radical (unpaired) electrons. The van der Waals surface area contributed by atoms with Crippen LogP contribution >= 0.6 is 0 Å². The predicted molar refractivity (Wildman–Crippen MR) is 81.2 cm³/mol. The molecule has 0 aromatic heterocycles. The number of ether oxygens (including phenoxy) is 1. The van der Waals surface area contributed by atoms with Crippen molar-refractivity contribution in [1.29, 1.82) is 0 Å². The summed E-state index contributed by atoms with van der Waals surface area (Å²) < 4.78 is 6.60. The molecule has 0 aliphatic rings. The predicted octanol–water partition coefficient (Wildman–Crippen LogP) is 0.166. The molecule has 0 fully saturated rings. The Hall–Kier alpha value is -1.82. The molecule has 2 N–H and O–H groups in total. The van der Waals surface area contributed by atoms with Crippen LogP contribution in [0.4, 0.5) is 5.69 Å². The van der Waals surface area contributed by atoms with Crippen LogP contribution in [0, 0.1) is 3.57 Å². The fourth-order valence-electron chi connectivity index (χ4n) is 1.76. The van der Waals surface area contributed by atoms with Crippen molar-refractivity contribution < 1.29 is 30.7 Å². The zero-order valence-corrected chi connectivity index (χ0v) is 13.9. The number of esters is 1. The fourth-order valence-corrected chi connectivity index (χ4v) is 2.83. The molecule has 0 bridgehead atoms. The van der Waals surface area contributed by atoms with Crippen molar-refractivity contribution >= 4 is 17.7 Å². The minimum absolute atomic E-state index is 0.0748. The summed E-state index contributed by atoms with van der Waals surface area (Å²) in [5.74, 6) is 0.327. The molecule has 21 heavy (non-hydrogen) atoms. The topological polar surface area (TPSA) is 52.3 Å². The Bertz CT molecular complexity index is 635. The Balaban J connectivity index is 1.86. The van der Waals surface area contributed by atoms with Crippen LogP contribution in [0.5, 0.6) is 5.75 Å². The van der Waals surface area contributed by atoms with Gasteiger partial charge in [0, 0.05) is 0 Å². The summed E-state index contributed by atoms with van der Waals surface area (Å²) in [6, 6.07) is 15.2. The molecule has 0 aliphatic carbocycles. The van der Waals surface area contributed by atoms with Crippen molar-refractivity contribution in [3.8, 4) is 5.75 Å². The first kappa shape index (κ1) is 15.6. The first-order chi connectivity index (χ1) is 10.2. The van der Waals surface area contributed by atoms with Gasteiger partial charge < -0.3 is 5.73 Å². The summed E-state index contributed by atoms with van der Waals surface area (Å²) in [7, 11) is 0. The molecule has 2 aromatic rings. The van der Waals surface area contributed by atoms with E-state index in [2.05, 4.69) is 4.93 Å². The van der Waals surface area contributed by atoms with E-state index in [1.807, 2.05) is 54.6 Å². The number of halogens is 1. The quantitative estimate of drug-likeness (QED) is 0.259. The average Bonchev–Trinajstić information content (AvgIpc) is 2.48. The number of nitrogen functional groups attached to an aromatic ring is 1. The molecular formula is C17H17INO2-. The van der Waals surface area contributed by atoms with Gasteiger partial charge in [-0.1, -0.05) is 0 Å². The number of hydrogen-bond acceptors (Lipinski definition) is 3. The summed E-state index contributed by atoms with van der Waals surface area (Å²) in [6.45, 7) is 0. The molecule has 0 aliphatic heterocycles. The van der Waals surface area contributed by atoms with Crippen molar-refractivity contribution in [2.24, 2.45) is 0 Å². The van der Waals surface area contributed by atoms with E-state index >= 15 is 0 Å². The Labute approximate surface area is 135 Å². The summed E-state index contributed by atoms with van der Waals surface area (Å²) in [4.78, 5) is 13.9. The first-order valence-electron chi connectivity index (χ1n) is 6.49. The number of benzene rings is 2. The van der Waals surface area contributed by atoms with Gasteiger partial charge in [0.1, 0.15) is 0 Å². The van der Waals surface area contributed by atoms with Gasteiger partial charge in [0.25, 0.3) is 0 Å². The van der Waals surface area contributed by atoms with E-state index < -0.39 is 0 Å². The Morgan fingerprint density at radius 2 is 2.00 bits per heavy atom. The molecule has 0 unspecified atom stereocenters. The average molecular weight is 394 g/mol. The van der Waals surface area contributed by atoms with Crippen LogP contribution in [0.25, 0.3) is 6.08 Å². The van der Waals surface area contributed by atoms with Gasteiger partial charge in [0.15, 0.2) is 0 Å². The number of nitrogens with two attached hydrogens (primary N) is 1. The number of hydrogen-bond donors (Lipinski definition) is 1. The van der Waals surface area contributed by atoms with Gasteiger partial charge in [-0.15, -0.1) is 0 Å². The molecule has 2 aromatic carbocycles. The standard InChI is InChI=1S/C17H17INO2/c1-18-14-8-10-16(11-9-14)21-17(20)7-3-5-13-4-2-6-15(19)12-13/h2-6,8-12H,7,19H2,1H3/q-1/b5-3-. The maximum absolute atomic E-state index is 11.7. The van der Waals surface area contributed by atoms with E-state index in [-0.39, 0.29) is 33.6 Å². The van der Waals surface area contributed by atoms with E-state index in [0.29, 0.717) is 11.4 Å². The van der Waals surface area contributed by atoms with Gasteiger partial charge in [-0.05, 0) is 6.07 Å². The van der Waals surface area contributed by atoms with Crippen LogP contribution < -0.4 is 31.7 Å².